The average molecular weight is 688 g/mol. The molecule has 4 heterocycles. The maximum atomic E-state index is 14.3. The van der Waals surface area contributed by atoms with Crippen LogP contribution >= 0.6 is 22.9 Å². The smallest absolute Gasteiger partial charge is 0.261 e. The zero-order valence-electron chi connectivity index (χ0n) is 25.9. The number of ether oxygens (including phenoxy) is 1. The second kappa shape index (κ2) is 14.2. The lowest BCUT2D eigenvalue weighted by molar-refractivity contribution is 0.101. The van der Waals surface area contributed by atoms with Gasteiger partial charge in [-0.25, -0.2) is 23.7 Å². The first-order valence-electron chi connectivity index (χ1n) is 15.8. The predicted octanol–water partition coefficient (Wildman–Crippen LogP) is 7.88. The Bertz CT molecular complexity index is 1930. The molecule has 0 saturated carbocycles. The van der Waals surface area contributed by atoms with Gasteiger partial charge in [0, 0.05) is 42.8 Å². The Kier molecular flexibility index (Phi) is 9.46. The van der Waals surface area contributed by atoms with Crippen LogP contribution in [0.2, 0.25) is 5.02 Å². The van der Waals surface area contributed by atoms with Gasteiger partial charge < -0.3 is 20.3 Å². The van der Waals surface area contributed by atoms with Crippen LogP contribution < -0.4 is 20.3 Å². The summed E-state index contributed by atoms with van der Waals surface area (Å²) in [6.45, 7) is 5.51. The van der Waals surface area contributed by atoms with Gasteiger partial charge in [0.15, 0.2) is 5.13 Å². The minimum absolute atomic E-state index is 0.370. The second-order valence-electron chi connectivity index (χ2n) is 11.6. The largest absolute Gasteiger partial charge is 0.491 e. The lowest BCUT2D eigenvalue weighted by Gasteiger charge is -2.30. The molecule has 2 aliphatic rings. The molecule has 7 rings (SSSR count). The molecule has 0 spiro atoms. The SMILES string of the molecule is O=C(Nc1cccc(-c2nc(N3CCC3)sc2-c2ccnc(Nc3ccc(OCCN4CCCC4)c(Cl)c3)n2)c1)c1c(F)cccc1F. The van der Waals surface area contributed by atoms with Crippen molar-refractivity contribution in [1.29, 1.82) is 0 Å². The number of rotatable bonds is 11. The number of likely N-dealkylation sites (tertiary alicyclic amines) is 1. The number of thiazole rings is 1. The van der Waals surface area contributed by atoms with Crippen LogP contribution in [0, 0.1) is 11.6 Å². The van der Waals surface area contributed by atoms with Crippen LogP contribution in [0.25, 0.3) is 21.8 Å². The molecule has 13 heteroatoms. The summed E-state index contributed by atoms with van der Waals surface area (Å²) < 4.78 is 34.5. The molecule has 0 bridgehead atoms. The first kappa shape index (κ1) is 31.9. The van der Waals surface area contributed by atoms with Gasteiger partial charge in [-0.05, 0) is 80.9 Å². The van der Waals surface area contributed by atoms with Crippen molar-refractivity contribution in [2.45, 2.75) is 19.3 Å². The van der Waals surface area contributed by atoms with Crippen LogP contribution in [-0.4, -0.2) is 65.1 Å². The molecule has 2 aliphatic heterocycles. The number of carbonyl (C=O) groups is 1. The summed E-state index contributed by atoms with van der Waals surface area (Å²) in [5.74, 6) is -1.74. The van der Waals surface area contributed by atoms with E-state index in [-0.39, 0.29) is 0 Å². The molecule has 2 fully saturated rings. The molecule has 2 N–H and O–H groups in total. The van der Waals surface area contributed by atoms with Gasteiger partial charge in [0.05, 0.1) is 21.3 Å². The number of nitrogens with one attached hydrogen (secondary N) is 2. The van der Waals surface area contributed by atoms with Gasteiger partial charge in [0.1, 0.15) is 29.6 Å². The Labute approximate surface area is 285 Å². The fourth-order valence-corrected chi connectivity index (χ4v) is 6.98. The Hall–Kier alpha value is -4.65. The zero-order chi connectivity index (χ0) is 33.0. The fraction of sp³-hybridized carbons (Fsp3) is 0.257. The van der Waals surface area contributed by atoms with E-state index >= 15 is 0 Å². The van der Waals surface area contributed by atoms with Crippen molar-refractivity contribution in [3.05, 3.63) is 95.1 Å². The number of nitrogens with zero attached hydrogens (tertiary/aromatic N) is 5. The summed E-state index contributed by atoms with van der Waals surface area (Å²) >= 11 is 8.08. The van der Waals surface area contributed by atoms with Crippen LogP contribution in [0.4, 0.5) is 31.2 Å². The van der Waals surface area contributed by atoms with E-state index < -0.39 is 23.1 Å². The van der Waals surface area contributed by atoms with Gasteiger partial charge in [0.25, 0.3) is 5.91 Å². The van der Waals surface area contributed by atoms with Gasteiger partial charge >= 0.3 is 0 Å². The molecule has 5 aromatic rings. The minimum Gasteiger partial charge on any atom is -0.491 e. The summed E-state index contributed by atoms with van der Waals surface area (Å²) in [6, 6.07) is 17.6. The van der Waals surface area contributed by atoms with Crippen LogP contribution in [-0.2, 0) is 0 Å². The van der Waals surface area contributed by atoms with Gasteiger partial charge in [-0.15, -0.1) is 0 Å². The molecule has 246 valence electrons. The highest BCUT2D eigenvalue weighted by molar-refractivity contribution is 7.19. The first-order chi connectivity index (χ1) is 23.4. The standard InChI is InChI=1S/C35H32ClF2N7O2S/c36-25-21-24(10-11-29(25)47-19-18-44-14-1-2-15-44)41-34-39-13-12-28(42-34)32-31(43-35(48-32)45-16-5-17-45)22-6-3-7-23(20-22)40-33(46)30-26(37)8-4-9-27(30)38/h3-4,6-13,20-21H,1-2,5,14-19H2,(H,40,46)(H,39,41,42). The normalized spacial score (nSPS) is 14.5. The maximum Gasteiger partial charge on any atom is 0.261 e. The maximum absolute atomic E-state index is 14.3. The highest BCUT2D eigenvalue weighted by Gasteiger charge is 2.24. The Morgan fingerprint density at radius 3 is 2.46 bits per heavy atom. The Balaban J connectivity index is 1.12. The molecule has 9 nitrogen and oxygen atoms in total. The number of amides is 1. The van der Waals surface area contributed by atoms with Crippen LogP contribution in [0.1, 0.15) is 29.6 Å². The molecule has 2 saturated heterocycles. The molecule has 3 aromatic carbocycles. The van der Waals surface area contributed by atoms with Crippen LogP contribution in [0.5, 0.6) is 5.75 Å². The molecular formula is C35H32ClF2N7O2S. The molecule has 0 aliphatic carbocycles. The van der Waals surface area contributed by atoms with Crippen molar-refractivity contribution in [3.63, 3.8) is 0 Å². The third-order valence-corrected chi connectivity index (χ3v) is 9.70. The van der Waals surface area contributed by atoms with E-state index in [0.29, 0.717) is 51.7 Å². The number of carbonyl (C=O) groups excluding carboxylic acids is 1. The number of benzene rings is 3. The average Bonchev–Trinajstić information content (AvgIpc) is 3.72. The third kappa shape index (κ3) is 7.10. The predicted molar refractivity (Wildman–Crippen MR) is 186 cm³/mol. The number of anilines is 4. The number of aromatic nitrogens is 3. The lowest BCUT2D eigenvalue weighted by Crippen LogP contribution is -2.36. The van der Waals surface area contributed by atoms with E-state index in [2.05, 4.69) is 25.4 Å². The highest BCUT2D eigenvalue weighted by atomic mass is 35.5. The van der Waals surface area contributed by atoms with Crippen LogP contribution in [0.3, 0.4) is 0 Å². The van der Waals surface area contributed by atoms with Crippen LogP contribution in [0.15, 0.2) is 72.9 Å². The molecule has 1 amide bonds. The molecule has 0 atom stereocenters. The molecule has 2 aromatic heterocycles. The topological polar surface area (TPSA) is 95.5 Å². The minimum atomic E-state index is -0.933. The van der Waals surface area contributed by atoms with Crippen molar-refractivity contribution in [1.82, 2.24) is 19.9 Å². The van der Waals surface area contributed by atoms with E-state index in [9.17, 15) is 13.6 Å². The molecule has 0 radical (unpaired) electrons. The van der Waals surface area contributed by atoms with Gasteiger partial charge in [-0.2, -0.15) is 0 Å². The fourth-order valence-electron chi connectivity index (χ4n) is 5.63. The van der Waals surface area contributed by atoms with Crippen molar-refractivity contribution >= 4 is 51.3 Å². The summed E-state index contributed by atoms with van der Waals surface area (Å²) in [7, 11) is 0. The Morgan fingerprint density at radius 2 is 1.71 bits per heavy atom. The zero-order valence-corrected chi connectivity index (χ0v) is 27.5. The Morgan fingerprint density at radius 1 is 0.917 bits per heavy atom. The quantitative estimate of drug-likeness (QED) is 0.145. The van der Waals surface area contributed by atoms with E-state index in [4.69, 9.17) is 26.3 Å². The molecular weight excluding hydrogens is 656 g/mol. The third-order valence-electron chi connectivity index (χ3n) is 8.27. The number of hydrogen-bond acceptors (Lipinski definition) is 9. The van der Waals surface area contributed by atoms with Crippen molar-refractivity contribution < 1.29 is 18.3 Å². The number of halogens is 3. The van der Waals surface area contributed by atoms with Crippen molar-refractivity contribution in [2.24, 2.45) is 0 Å². The molecule has 48 heavy (non-hydrogen) atoms. The van der Waals surface area contributed by atoms with E-state index in [1.54, 1.807) is 30.5 Å². The second-order valence-corrected chi connectivity index (χ2v) is 13.0. The van der Waals surface area contributed by atoms with E-state index in [1.807, 2.05) is 24.3 Å². The molecule has 0 unspecified atom stereocenters. The van der Waals surface area contributed by atoms with E-state index in [1.165, 1.54) is 30.2 Å². The first-order valence-corrected chi connectivity index (χ1v) is 17.0. The van der Waals surface area contributed by atoms with E-state index in [0.717, 1.165) is 61.3 Å². The van der Waals surface area contributed by atoms with Gasteiger partial charge in [0.2, 0.25) is 5.95 Å². The summed E-state index contributed by atoms with van der Waals surface area (Å²) in [4.78, 5) is 32.4. The van der Waals surface area contributed by atoms with Gasteiger partial charge in [-0.1, -0.05) is 41.1 Å². The summed E-state index contributed by atoms with van der Waals surface area (Å²) in [5, 5.41) is 7.21. The number of hydrogen-bond donors (Lipinski definition) is 2. The van der Waals surface area contributed by atoms with Gasteiger partial charge in [-0.3, -0.25) is 9.69 Å². The van der Waals surface area contributed by atoms with Crippen molar-refractivity contribution in [2.75, 3.05) is 54.9 Å². The highest BCUT2D eigenvalue weighted by Crippen LogP contribution is 2.41. The lowest BCUT2D eigenvalue weighted by atomic mass is 10.1. The monoisotopic (exact) mass is 687 g/mol. The summed E-state index contributed by atoms with van der Waals surface area (Å²) in [6.07, 6.45) is 5.24. The summed E-state index contributed by atoms with van der Waals surface area (Å²) in [5.41, 5.74) is 2.47. The van der Waals surface area contributed by atoms with Crippen molar-refractivity contribution in [3.8, 4) is 27.6 Å².